The number of fused-ring (bicyclic) bond motifs is 1. The van der Waals surface area contributed by atoms with Crippen molar-refractivity contribution in [2.45, 2.75) is 82.8 Å². The molecule has 3 saturated heterocycles. The molecule has 9 heteroatoms. The van der Waals surface area contributed by atoms with Gasteiger partial charge in [-0.15, -0.1) is 0 Å². The van der Waals surface area contributed by atoms with E-state index < -0.39 is 5.67 Å². The number of hydrogen-bond donors (Lipinski definition) is 2. The minimum atomic E-state index is -1.01. The highest BCUT2D eigenvalue weighted by Crippen LogP contribution is 2.48. The molecule has 4 aliphatic rings. The lowest BCUT2D eigenvalue weighted by molar-refractivity contribution is -0.120. The number of urea groups is 1. The molecule has 0 unspecified atom stereocenters. The molecule has 2 aromatic heterocycles. The molecule has 0 bridgehead atoms. The zero-order valence-corrected chi connectivity index (χ0v) is 22.6. The van der Waals surface area contributed by atoms with Crippen molar-refractivity contribution in [1.82, 2.24) is 25.1 Å². The number of nitrogens with one attached hydrogen (secondary N) is 2. The van der Waals surface area contributed by atoms with Crippen LogP contribution in [0.4, 0.5) is 14.9 Å². The van der Waals surface area contributed by atoms with Gasteiger partial charge in [0.1, 0.15) is 11.3 Å². The first kappa shape index (κ1) is 25.7. The van der Waals surface area contributed by atoms with Crippen LogP contribution in [0, 0.1) is 5.41 Å². The van der Waals surface area contributed by atoms with Crippen LogP contribution in [0.2, 0.25) is 0 Å². The first-order valence-corrected chi connectivity index (χ1v) is 14.6. The van der Waals surface area contributed by atoms with E-state index in [2.05, 4.69) is 39.3 Å². The summed E-state index contributed by atoms with van der Waals surface area (Å²) in [5.74, 6) is -0.227. The molecule has 206 valence electrons. The van der Waals surface area contributed by atoms with Crippen molar-refractivity contribution in [3.8, 4) is 0 Å². The van der Waals surface area contributed by atoms with Crippen molar-refractivity contribution in [2.75, 3.05) is 44.2 Å². The van der Waals surface area contributed by atoms with Crippen molar-refractivity contribution >= 4 is 28.7 Å². The molecule has 1 spiro atoms. The number of pyridine rings is 1. The zero-order chi connectivity index (χ0) is 26.3. The zero-order valence-electron chi connectivity index (χ0n) is 22.6. The van der Waals surface area contributed by atoms with Gasteiger partial charge < -0.3 is 14.8 Å². The van der Waals surface area contributed by atoms with Gasteiger partial charge in [-0.1, -0.05) is 6.92 Å². The molecule has 3 aliphatic heterocycles. The van der Waals surface area contributed by atoms with Crippen LogP contribution < -0.4 is 15.5 Å². The summed E-state index contributed by atoms with van der Waals surface area (Å²) in [6.07, 6.45) is 13.6. The fourth-order valence-corrected chi connectivity index (χ4v) is 7.32. The second kappa shape index (κ2) is 10.2. The summed E-state index contributed by atoms with van der Waals surface area (Å²) < 4.78 is 17.6. The maximum absolute atomic E-state index is 15.2. The molecule has 3 amide bonds. The van der Waals surface area contributed by atoms with Crippen molar-refractivity contribution < 1.29 is 14.0 Å². The first-order chi connectivity index (χ1) is 18.4. The summed E-state index contributed by atoms with van der Waals surface area (Å²) in [5, 5.41) is 6.79. The highest BCUT2D eigenvalue weighted by Gasteiger charge is 2.41. The van der Waals surface area contributed by atoms with E-state index in [4.69, 9.17) is 4.98 Å². The number of alkyl halides is 1. The number of piperidine rings is 2. The molecule has 2 aromatic rings. The number of carbonyl (C=O) groups excluding carboxylic acids is 2. The van der Waals surface area contributed by atoms with Gasteiger partial charge in [-0.25, -0.2) is 14.2 Å². The quantitative estimate of drug-likeness (QED) is 0.608. The third-order valence-electron chi connectivity index (χ3n) is 9.82. The number of carbonyl (C=O) groups is 2. The predicted octanol–water partition coefficient (Wildman–Crippen LogP) is 4.33. The fraction of sp³-hybridized carbons (Fsp3) is 0.690. The Morgan fingerprint density at radius 2 is 1.79 bits per heavy atom. The number of nitrogens with zero attached hydrogens (tertiary/aromatic N) is 4. The first-order valence-electron chi connectivity index (χ1n) is 14.6. The molecule has 0 atom stereocenters. The van der Waals surface area contributed by atoms with Crippen LogP contribution in [0.5, 0.6) is 0 Å². The van der Waals surface area contributed by atoms with Gasteiger partial charge in [0.2, 0.25) is 5.91 Å². The van der Waals surface area contributed by atoms with E-state index in [-0.39, 0.29) is 11.9 Å². The average Bonchev–Trinajstić information content (AvgIpc) is 3.29. The second-order valence-corrected chi connectivity index (χ2v) is 12.1. The molecule has 2 N–H and O–H groups in total. The Labute approximate surface area is 224 Å². The predicted molar refractivity (Wildman–Crippen MR) is 146 cm³/mol. The molecule has 6 rings (SSSR count). The van der Waals surface area contributed by atoms with Crippen LogP contribution in [0.3, 0.4) is 0 Å². The van der Waals surface area contributed by atoms with Gasteiger partial charge in [0, 0.05) is 37.1 Å². The topological polar surface area (TPSA) is 82.5 Å². The monoisotopic (exact) mass is 524 g/mol. The molecule has 5 heterocycles. The normalized spacial score (nSPS) is 24.7. The smallest absolute Gasteiger partial charge is 0.328 e. The number of imide groups is 1. The van der Waals surface area contributed by atoms with Gasteiger partial charge in [0.25, 0.3) is 0 Å². The third kappa shape index (κ3) is 4.95. The Bertz CT molecular complexity index is 1190. The highest BCUT2D eigenvalue weighted by atomic mass is 19.1. The Kier molecular flexibility index (Phi) is 6.93. The molecule has 1 saturated carbocycles. The summed E-state index contributed by atoms with van der Waals surface area (Å²) in [6.45, 7) is 6.79. The van der Waals surface area contributed by atoms with Crippen LogP contribution >= 0.6 is 0 Å². The van der Waals surface area contributed by atoms with Gasteiger partial charge in [0.15, 0.2) is 0 Å². The summed E-state index contributed by atoms with van der Waals surface area (Å²) in [7, 11) is 0. The Balaban J connectivity index is 1.11. The van der Waals surface area contributed by atoms with Gasteiger partial charge >= 0.3 is 6.03 Å². The van der Waals surface area contributed by atoms with Crippen LogP contribution in [0.25, 0.3) is 11.0 Å². The molecular formula is C29H41FN6O2. The fourth-order valence-electron chi connectivity index (χ4n) is 7.32. The highest BCUT2D eigenvalue weighted by molar-refractivity contribution is 6.06. The maximum atomic E-state index is 15.2. The number of halogens is 1. The van der Waals surface area contributed by atoms with Crippen LogP contribution in [0.1, 0.15) is 76.3 Å². The van der Waals surface area contributed by atoms with Gasteiger partial charge in [-0.3, -0.25) is 15.0 Å². The lowest BCUT2D eigenvalue weighted by Gasteiger charge is -2.47. The van der Waals surface area contributed by atoms with Gasteiger partial charge in [-0.05, 0) is 101 Å². The third-order valence-corrected chi connectivity index (χ3v) is 9.82. The molecule has 8 nitrogen and oxygen atoms in total. The average molecular weight is 525 g/mol. The maximum Gasteiger partial charge on any atom is 0.328 e. The largest absolute Gasteiger partial charge is 0.329 e. The van der Waals surface area contributed by atoms with E-state index in [1.54, 1.807) is 11.1 Å². The van der Waals surface area contributed by atoms with Crippen LogP contribution in [-0.4, -0.2) is 71.3 Å². The van der Waals surface area contributed by atoms with E-state index in [1.807, 2.05) is 0 Å². The summed E-state index contributed by atoms with van der Waals surface area (Å²) in [6, 6.07) is 2.12. The number of likely N-dealkylation sites (tertiary alicyclic amines) is 1. The Morgan fingerprint density at radius 1 is 1.05 bits per heavy atom. The Hall–Kier alpha value is -2.52. The molecule has 1 aliphatic carbocycles. The summed E-state index contributed by atoms with van der Waals surface area (Å²) in [4.78, 5) is 32.8. The van der Waals surface area contributed by atoms with Crippen molar-refractivity contribution in [1.29, 1.82) is 0 Å². The molecule has 38 heavy (non-hydrogen) atoms. The SMILES string of the molecule is CCc1cn(C2CCC3(CC2)CCN(CC2(F)CCNCC2)CC3)c2ncc(N3CCC(=O)NC3=O)cc12. The molecular weight excluding hydrogens is 483 g/mol. The second-order valence-electron chi connectivity index (χ2n) is 12.1. The summed E-state index contributed by atoms with van der Waals surface area (Å²) >= 11 is 0. The van der Waals surface area contributed by atoms with Crippen LogP contribution in [0.15, 0.2) is 18.5 Å². The van der Waals surface area contributed by atoms with E-state index in [1.165, 1.54) is 31.2 Å². The standard InChI is InChI=1S/C29H41FN6O2/c1-2-21-19-36(26-24(21)17-23(18-32-26)35-14-5-25(37)33-27(35)38)22-3-6-28(7-4-22)10-15-34(16-11-28)20-29(30)8-12-31-13-9-29/h17-19,22,31H,2-16,20H2,1H3,(H,33,37,38). The van der Waals surface area contributed by atoms with E-state index in [0.717, 1.165) is 62.2 Å². The van der Waals surface area contributed by atoms with Crippen LogP contribution in [-0.2, 0) is 11.2 Å². The number of rotatable bonds is 5. The minimum Gasteiger partial charge on any atom is -0.329 e. The minimum absolute atomic E-state index is 0.227. The Morgan fingerprint density at radius 3 is 2.47 bits per heavy atom. The number of hydrogen-bond acceptors (Lipinski definition) is 5. The summed E-state index contributed by atoms with van der Waals surface area (Å²) in [5.41, 5.74) is 2.37. The van der Waals surface area contributed by atoms with Crippen molar-refractivity contribution in [2.24, 2.45) is 5.41 Å². The lowest BCUT2D eigenvalue weighted by Crippen LogP contribution is -2.50. The molecule has 0 radical (unpaired) electrons. The number of amides is 3. The van der Waals surface area contributed by atoms with E-state index >= 15 is 4.39 Å². The van der Waals surface area contributed by atoms with Gasteiger partial charge in [0.05, 0.1) is 11.9 Å². The number of anilines is 1. The lowest BCUT2D eigenvalue weighted by atomic mass is 9.67. The van der Waals surface area contributed by atoms with E-state index in [9.17, 15) is 9.59 Å². The molecule has 4 fully saturated rings. The van der Waals surface area contributed by atoms with Gasteiger partial charge in [-0.2, -0.15) is 0 Å². The molecule has 0 aromatic carbocycles. The van der Waals surface area contributed by atoms with Crippen molar-refractivity contribution in [3.05, 3.63) is 24.0 Å². The van der Waals surface area contributed by atoms with Crippen molar-refractivity contribution in [3.63, 3.8) is 0 Å². The van der Waals surface area contributed by atoms with E-state index in [0.29, 0.717) is 43.8 Å². The number of aromatic nitrogens is 2. The number of aryl methyl sites for hydroxylation is 1.